The van der Waals surface area contributed by atoms with Crippen LogP contribution in [0.3, 0.4) is 0 Å². The standard InChI is InChI=1S/C23H29N3O4/c1-4-16-7-9-17(10-8-16)22(27)26-23(24-15-19-6-5-11-30-19)25-18-12-20(28-2)14-21(13-18)29-3/h7-10,12-14,19H,4-6,11,15H2,1-3H3,(H2,24,25,26,27). The van der Waals surface area contributed by atoms with Crippen molar-refractivity contribution in [1.29, 1.82) is 0 Å². The van der Waals surface area contributed by atoms with Crippen LogP contribution in [0.5, 0.6) is 11.5 Å². The highest BCUT2D eigenvalue weighted by molar-refractivity contribution is 6.10. The molecule has 1 aliphatic rings. The van der Waals surface area contributed by atoms with E-state index in [1.807, 2.05) is 36.4 Å². The number of aliphatic imine (C=N–C) groups is 1. The number of methoxy groups -OCH3 is 2. The third-order valence-corrected chi connectivity index (χ3v) is 4.95. The van der Waals surface area contributed by atoms with Crippen LogP contribution in [-0.2, 0) is 11.2 Å². The lowest BCUT2D eigenvalue weighted by atomic mass is 10.1. The van der Waals surface area contributed by atoms with Crippen molar-refractivity contribution in [2.24, 2.45) is 4.99 Å². The van der Waals surface area contributed by atoms with Gasteiger partial charge in [-0.25, -0.2) is 4.99 Å². The molecule has 3 rings (SSSR count). The third-order valence-electron chi connectivity index (χ3n) is 4.95. The smallest absolute Gasteiger partial charge is 0.257 e. The first-order valence-electron chi connectivity index (χ1n) is 10.2. The number of benzene rings is 2. The molecule has 7 heteroatoms. The summed E-state index contributed by atoms with van der Waals surface area (Å²) in [5.74, 6) is 1.39. The molecule has 1 atom stereocenters. The zero-order chi connectivity index (χ0) is 21.3. The van der Waals surface area contributed by atoms with E-state index < -0.39 is 0 Å². The van der Waals surface area contributed by atoms with Crippen LogP contribution in [0, 0.1) is 0 Å². The largest absolute Gasteiger partial charge is 0.497 e. The molecule has 160 valence electrons. The predicted octanol–water partition coefficient (Wildman–Crippen LogP) is 3.64. The molecule has 1 amide bonds. The van der Waals surface area contributed by atoms with Gasteiger partial charge in [-0.05, 0) is 37.0 Å². The second-order valence-corrected chi connectivity index (χ2v) is 7.06. The summed E-state index contributed by atoms with van der Waals surface area (Å²) in [6.45, 7) is 3.31. The topological polar surface area (TPSA) is 81.2 Å². The molecule has 0 aromatic heterocycles. The molecule has 2 N–H and O–H groups in total. The fourth-order valence-corrected chi connectivity index (χ4v) is 3.18. The lowest BCUT2D eigenvalue weighted by Gasteiger charge is -2.15. The van der Waals surface area contributed by atoms with Crippen molar-refractivity contribution in [2.45, 2.75) is 32.3 Å². The monoisotopic (exact) mass is 411 g/mol. The highest BCUT2D eigenvalue weighted by Gasteiger charge is 2.16. The first kappa shape index (κ1) is 21.6. The Kier molecular flexibility index (Phi) is 7.68. The number of ether oxygens (including phenoxy) is 3. The van der Waals surface area contributed by atoms with Crippen LogP contribution >= 0.6 is 0 Å². The van der Waals surface area contributed by atoms with Gasteiger partial charge in [-0.2, -0.15) is 0 Å². The molecule has 0 spiro atoms. The van der Waals surface area contributed by atoms with Gasteiger partial charge in [-0.3, -0.25) is 10.1 Å². The van der Waals surface area contributed by atoms with E-state index in [-0.39, 0.29) is 12.0 Å². The number of hydrogen-bond donors (Lipinski definition) is 2. The zero-order valence-corrected chi connectivity index (χ0v) is 17.7. The average molecular weight is 412 g/mol. The average Bonchev–Trinajstić information content (AvgIpc) is 3.30. The summed E-state index contributed by atoms with van der Waals surface area (Å²) in [5.41, 5.74) is 2.45. The van der Waals surface area contributed by atoms with Gasteiger partial charge in [-0.15, -0.1) is 0 Å². The van der Waals surface area contributed by atoms with Crippen molar-refractivity contribution < 1.29 is 19.0 Å². The first-order chi connectivity index (χ1) is 14.6. The second kappa shape index (κ2) is 10.6. The van der Waals surface area contributed by atoms with Crippen molar-refractivity contribution >= 4 is 17.6 Å². The Morgan fingerprint density at radius 3 is 2.40 bits per heavy atom. The summed E-state index contributed by atoms with van der Waals surface area (Å²) < 4.78 is 16.3. The van der Waals surface area contributed by atoms with Gasteiger partial charge in [0.15, 0.2) is 0 Å². The second-order valence-electron chi connectivity index (χ2n) is 7.06. The molecule has 1 saturated heterocycles. The van der Waals surface area contributed by atoms with Gasteiger partial charge in [0.25, 0.3) is 5.91 Å². The molecule has 30 heavy (non-hydrogen) atoms. The summed E-state index contributed by atoms with van der Waals surface area (Å²) >= 11 is 0. The van der Waals surface area contributed by atoms with Crippen LogP contribution in [0.2, 0.25) is 0 Å². The highest BCUT2D eigenvalue weighted by atomic mass is 16.5. The number of rotatable bonds is 7. The Morgan fingerprint density at radius 1 is 1.13 bits per heavy atom. The van der Waals surface area contributed by atoms with E-state index in [9.17, 15) is 4.79 Å². The Bertz CT molecular complexity index is 852. The number of guanidine groups is 1. The molecule has 7 nitrogen and oxygen atoms in total. The molecule has 0 aliphatic carbocycles. The van der Waals surface area contributed by atoms with E-state index in [1.54, 1.807) is 20.3 Å². The predicted molar refractivity (Wildman–Crippen MR) is 118 cm³/mol. The van der Waals surface area contributed by atoms with Crippen LogP contribution in [0.15, 0.2) is 47.5 Å². The van der Waals surface area contributed by atoms with Gasteiger partial charge in [-0.1, -0.05) is 19.1 Å². The number of hydrogen-bond acceptors (Lipinski definition) is 5. The Labute approximate surface area is 177 Å². The minimum Gasteiger partial charge on any atom is -0.497 e. The van der Waals surface area contributed by atoms with E-state index in [2.05, 4.69) is 22.5 Å². The fourth-order valence-electron chi connectivity index (χ4n) is 3.18. The Hall–Kier alpha value is -3.06. The number of carbonyl (C=O) groups excluding carboxylic acids is 1. The van der Waals surface area contributed by atoms with Crippen molar-refractivity contribution in [3.8, 4) is 11.5 Å². The van der Waals surface area contributed by atoms with Crippen LogP contribution < -0.4 is 20.1 Å². The van der Waals surface area contributed by atoms with E-state index >= 15 is 0 Å². The number of aryl methyl sites for hydroxylation is 1. The lowest BCUT2D eigenvalue weighted by molar-refractivity contribution is 0.0975. The molecular weight excluding hydrogens is 382 g/mol. The fraction of sp³-hybridized carbons (Fsp3) is 0.391. The summed E-state index contributed by atoms with van der Waals surface area (Å²) in [5, 5.41) is 6.06. The van der Waals surface area contributed by atoms with Crippen LogP contribution in [-0.4, -0.2) is 45.3 Å². The molecule has 0 saturated carbocycles. The lowest BCUT2D eigenvalue weighted by Crippen LogP contribution is -2.36. The summed E-state index contributed by atoms with van der Waals surface area (Å²) in [7, 11) is 3.18. The maximum atomic E-state index is 12.8. The van der Waals surface area contributed by atoms with Crippen molar-refractivity contribution in [3.63, 3.8) is 0 Å². The van der Waals surface area contributed by atoms with Gasteiger partial charge >= 0.3 is 0 Å². The number of carbonyl (C=O) groups is 1. The minimum absolute atomic E-state index is 0.0717. The summed E-state index contributed by atoms with van der Waals surface area (Å²) in [6, 6.07) is 13.0. The number of nitrogens with one attached hydrogen (secondary N) is 2. The molecule has 2 aromatic carbocycles. The molecule has 1 heterocycles. The number of anilines is 1. The number of amides is 1. The van der Waals surface area contributed by atoms with Crippen LogP contribution in [0.25, 0.3) is 0 Å². The van der Waals surface area contributed by atoms with Crippen molar-refractivity contribution in [2.75, 3.05) is 32.7 Å². The minimum atomic E-state index is -0.230. The molecule has 1 unspecified atom stereocenters. The van der Waals surface area contributed by atoms with Crippen LogP contribution in [0.4, 0.5) is 5.69 Å². The maximum Gasteiger partial charge on any atom is 0.257 e. The number of nitrogens with zero attached hydrogens (tertiary/aromatic N) is 1. The van der Waals surface area contributed by atoms with Gasteiger partial charge in [0.2, 0.25) is 5.96 Å². The highest BCUT2D eigenvalue weighted by Crippen LogP contribution is 2.25. The molecule has 1 fully saturated rings. The molecular formula is C23H29N3O4. The van der Waals surface area contributed by atoms with Crippen LogP contribution in [0.1, 0.15) is 35.7 Å². The summed E-state index contributed by atoms with van der Waals surface area (Å²) in [4.78, 5) is 17.4. The first-order valence-corrected chi connectivity index (χ1v) is 10.2. The zero-order valence-electron chi connectivity index (χ0n) is 17.7. The summed E-state index contributed by atoms with van der Waals surface area (Å²) in [6.07, 6.45) is 3.00. The van der Waals surface area contributed by atoms with Crippen molar-refractivity contribution in [1.82, 2.24) is 5.32 Å². The van der Waals surface area contributed by atoms with Crippen molar-refractivity contribution in [3.05, 3.63) is 53.6 Å². The third kappa shape index (κ3) is 5.97. The SMILES string of the molecule is CCc1ccc(C(=O)NC(=NCC2CCCO2)Nc2cc(OC)cc(OC)c2)cc1. The van der Waals surface area contributed by atoms with E-state index in [1.165, 1.54) is 5.56 Å². The van der Waals surface area contributed by atoms with Gasteiger partial charge in [0.05, 0.1) is 26.9 Å². The van der Waals surface area contributed by atoms with E-state index in [4.69, 9.17) is 14.2 Å². The van der Waals surface area contributed by atoms with Gasteiger partial charge in [0, 0.05) is 36.1 Å². The molecule has 0 bridgehead atoms. The maximum absolute atomic E-state index is 12.8. The molecule has 0 radical (unpaired) electrons. The normalized spacial score (nSPS) is 16.2. The molecule has 1 aliphatic heterocycles. The quantitative estimate of drug-likeness (QED) is 0.537. The van der Waals surface area contributed by atoms with E-state index in [0.29, 0.717) is 35.3 Å². The Morgan fingerprint density at radius 2 is 1.83 bits per heavy atom. The van der Waals surface area contributed by atoms with Gasteiger partial charge in [0.1, 0.15) is 11.5 Å². The van der Waals surface area contributed by atoms with E-state index in [0.717, 1.165) is 25.9 Å². The Balaban J connectivity index is 1.78. The van der Waals surface area contributed by atoms with Gasteiger partial charge < -0.3 is 19.5 Å². The molecule has 2 aromatic rings.